The van der Waals surface area contributed by atoms with E-state index in [0.717, 1.165) is 18.4 Å². The molecule has 0 N–H and O–H groups in total. The van der Waals surface area contributed by atoms with Crippen LogP contribution in [-0.4, -0.2) is 26.4 Å². The fourth-order valence-electron chi connectivity index (χ4n) is 5.34. The molecule has 9 heteroatoms. The molecular formula is C22H20F2N4O3. The average molecular weight is 426 g/mol. The second-order valence-corrected chi connectivity index (χ2v) is 8.68. The lowest BCUT2D eigenvalue weighted by atomic mass is 9.57. The van der Waals surface area contributed by atoms with Gasteiger partial charge in [0.15, 0.2) is 0 Å². The molecule has 2 aliphatic carbocycles. The fraction of sp³-hybridized carbons (Fsp3) is 0.409. The molecule has 160 valence electrons. The van der Waals surface area contributed by atoms with Gasteiger partial charge < -0.3 is 9.15 Å². The summed E-state index contributed by atoms with van der Waals surface area (Å²) in [5, 5.41) is 15.9. The summed E-state index contributed by atoms with van der Waals surface area (Å²) in [6.07, 6.45) is 1.88. The van der Waals surface area contributed by atoms with Gasteiger partial charge in [0.1, 0.15) is 17.0 Å². The van der Waals surface area contributed by atoms with E-state index in [9.17, 15) is 13.6 Å². The lowest BCUT2D eigenvalue weighted by Crippen LogP contribution is -2.51. The SMILES string of the molecule is Cc1nnc(OC(=O)[C@]23CCC[C@@H](c4cc(-c5c(F)cccc5F)nnc42)C3(C)C)o1. The van der Waals surface area contributed by atoms with Crippen molar-refractivity contribution >= 4 is 5.97 Å². The van der Waals surface area contributed by atoms with Gasteiger partial charge in [-0.25, -0.2) is 8.78 Å². The molecule has 2 bridgehead atoms. The van der Waals surface area contributed by atoms with Crippen LogP contribution in [0.4, 0.5) is 8.78 Å². The van der Waals surface area contributed by atoms with Gasteiger partial charge in [0.25, 0.3) is 0 Å². The first kappa shape index (κ1) is 19.7. The van der Waals surface area contributed by atoms with E-state index >= 15 is 0 Å². The highest BCUT2D eigenvalue weighted by Crippen LogP contribution is 2.65. The van der Waals surface area contributed by atoms with Crippen LogP contribution in [0.1, 0.15) is 56.2 Å². The fourth-order valence-corrected chi connectivity index (χ4v) is 5.34. The van der Waals surface area contributed by atoms with Gasteiger partial charge in [-0.1, -0.05) is 31.4 Å². The Morgan fingerprint density at radius 3 is 2.58 bits per heavy atom. The Labute approximate surface area is 176 Å². The zero-order valence-electron chi connectivity index (χ0n) is 17.3. The van der Waals surface area contributed by atoms with E-state index in [2.05, 4.69) is 20.4 Å². The van der Waals surface area contributed by atoms with Gasteiger partial charge in [-0.3, -0.25) is 4.79 Å². The number of fused-ring (bicyclic) bond motifs is 5. The molecule has 2 atom stereocenters. The largest absolute Gasteiger partial charge is 0.422 e. The molecule has 3 aromatic rings. The maximum atomic E-state index is 14.4. The van der Waals surface area contributed by atoms with Gasteiger partial charge >= 0.3 is 12.0 Å². The first-order valence-electron chi connectivity index (χ1n) is 10.1. The monoisotopic (exact) mass is 426 g/mol. The van der Waals surface area contributed by atoms with Crippen LogP contribution in [0, 0.1) is 24.0 Å². The summed E-state index contributed by atoms with van der Waals surface area (Å²) in [7, 11) is 0. The predicted octanol–water partition coefficient (Wildman–Crippen LogP) is 4.26. The van der Waals surface area contributed by atoms with E-state index < -0.39 is 28.4 Å². The zero-order valence-corrected chi connectivity index (χ0v) is 17.3. The van der Waals surface area contributed by atoms with E-state index in [1.807, 2.05) is 13.8 Å². The van der Waals surface area contributed by atoms with Crippen LogP contribution in [0.25, 0.3) is 11.3 Å². The number of carbonyl (C=O) groups is 1. The molecule has 0 radical (unpaired) electrons. The highest BCUT2D eigenvalue weighted by atomic mass is 19.1. The summed E-state index contributed by atoms with van der Waals surface area (Å²) in [4.78, 5) is 13.5. The molecule has 7 nitrogen and oxygen atoms in total. The summed E-state index contributed by atoms with van der Waals surface area (Å²) in [5.74, 6) is -1.73. The van der Waals surface area contributed by atoms with Crippen molar-refractivity contribution in [3.8, 4) is 17.3 Å². The molecule has 2 aromatic heterocycles. The molecule has 1 saturated carbocycles. The normalized spacial score (nSPS) is 23.5. The lowest BCUT2D eigenvalue weighted by Gasteiger charge is -2.45. The van der Waals surface area contributed by atoms with E-state index in [0.29, 0.717) is 12.1 Å². The first-order chi connectivity index (χ1) is 14.8. The molecule has 0 aliphatic heterocycles. The number of hydrogen-bond donors (Lipinski definition) is 0. The topological polar surface area (TPSA) is 91.0 Å². The predicted molar refractivity (Wildman–Crippen MR) is 104 cm³/mol. The van der Waals surface area contributed by atoms with Crippen molar-refractivity contribution in [3.63, 3.8) is 0 Å². The van der Waals surface area contributed by atoms with Crippen LogP contribution in [0.15, 0.2) is 28.7 Å². The van der Waals surface area contributed by atoms with Gasteiger partial charge in [-0.05, 0) is 47.9 Å². The minimum Gasteiger partial charge on any atom is -0.393 e. The highest BCUT2D eigenvalue weighted by molar-refractivity contribution is 5.88. The average Bonchev–Trinajstić information content (AvgIpc) is 3.11. The highest BCUT2D eigenvalue weighted by Gasteiger charge is 2.66. The maximum Gasteiger partial charge on any atom is 0.422 e. The number of esters is 1. The third-order valence-electron chi connectivity index (χ3n) is 6.87. The number of ether oxygens (including phenoxy) is 1. The van der Waals surface area contributed by atoms with Gasteiger partial charge in [0.2, 0.25) is 5.89 Å². The molecule has 1 fully saturated rings. The van der Waals surface area contributed by atoms with Gasteiger partial charge in [-0.2, -0.15) is 5.10 Å². The number of carbonyl (C=O) groups excluding carboxylic acids is 1. The van der Waals surface area contributed by atoms with Gasteiger partial charge in [0, 0.05) is 6.92 Å². The van der Waals surface area contributed by atoms with E-state index in [-0.39, 0.29) is 29.1 Å². The molecule has 2 aliphatic rings. The van der Waals surface area contributed by atoms with Crippen LogP contribution >= 0.6 is 0 Å². The molecule has 0 amide bonds. The van der Waals surface area contributed by atoms with E-state index in [4.69, 9.17) is 9.15 Å². The van der Waals surface area contributed by atoms with Crippen molar-refractivity contribution in [1.82, 2.24) is 20.4 Å². The standard InChI is InChI=1S/C22H20F2N4O3/c1-11-25-28-20(30-11)31-19(29)22-9-5-6-13(21(22,2)3)12-10-16(26-27-18(12)22)17-14(23)7-4-8-15(17)24/h4,7-8,10,13H,5-6,9H2,1-3H3/t13-,22-/m0/s1. The van der Waals surface area contributed by atoms with Crippen molar-refractivity contribution in [2.75, 3.05) is 0 Å². The van der Waals surface area contributed by atoms with E-state index in [1.54, 1.807) is 13.0 Å². The zero-order chi connectivity index (χ0) is 22.0. The van der Waals surface area contributed by atoms with Crippen LogP contribution in [0.3, 0.4) is 0 Å². The summed E-state index contributed by atoms with van der Waals surface area (Å²) in [6.45, 7) is 5.58. The van der Waals surface area contributed by atoms with Crippen LogP contribution in [-0.2, 0) is 10.2 Å². The molecule has 5 rings (SSSR count). The third-order valence-corrected chi connectivity index (χ3v) is 6.87. The minimum atomic E-state index is -1.08. The van der Waals surface area contributed by atoms with E-state index in [1.165, 1.54) is 18.2 Å². The Kier molecular flexibility index (Phi) is 4.22. The summed E-state index contributed by atoms with van der Waals surface area (Å²) in [5.41, 5.74) is -0.493. The quantitative estimate of drug-likeness (QED) is 0.578. The van der Waals surface area contributed by atoms with Crippen LogP contribution in [0.5, 0.6) is 6.08 Å². The molecule has 31 heavy (non-hydrogen) atoms. The molecule has 0 saturated heterocycles. The second-order valence-electron chi connectivity index (χ2n) is 8.68. The molecular weight excluding hydrogens is 406 g/mol. The van der Waals surface area contributed by atoms with Crippen molar-refractivity contribution in [2.24, 2.45) is 5.41 Å². The maximum absolute atomic E-state index is 14.4. The Balaban J connectivity index is 1.64. The van der Waals surface area contributed by atoms with Gasteiger partial charge in [-0.15, -0.1) is 10.2 Å². The number of hydrogen-bond acceptors (Lipinski definition) is 7. The molecule has 0 spiro atoms. The van der Waals surface area contributed by atoms with Crippen molar-refractivity contribution in [1.29, 1.82) is 0 Å². The number of aryl methyl sites for hydroxylation is 1. The number of halogens is 2. The summed E-state index contributed by atoms with van der Waals surface area (Å²) < 4.78 is 39.4. The molecule has 0 unspecified atom stereocenters. The smallest absolute Gasteiger partial charge is 0.393 e. The lowest BCUT2D eigenvalue weighted by molar-refractivity contribution is -0.149. The summed E-state index contributed by atoms with van der Waals surface area (Å²) in [6, 6.07) is 5.32. The molecule has 2 heterocycles. The number of nitrogens with zero attached hydrogens (tertiary/aromatic N) is 4. The Morgan fingerprint density at radius 1 is 1.16 bits per heavy atom. The van der Waals surface area contributed by atoms with Crippen LogP contribution < -0.4 is 4.74 Å². The van der Waals surface area contributed by atoms with Crippen molar-refractivity contribution in [2.45, 2.75) is 51.4 Å². The van der Waals surface area contributed by atoms with Crippen LogP contribution in [0.2, 0.25) is 0 Å². The van der Waals surface area contributed by atoms with Crippen molar-refractivity contribution in [3.05, 3.63) is 53.0 Å². The second kappa shape index (κ2) is 6.63. The first-order valence-corrected chi connectivity index (χ1v) is 10.1. The third kappa shape index (κ3) is 2.65. The Hall–Kier alpha value is -3.23. The minimum absolute atomic E-state index is 0.0442. The Bertz CT molecular complexity index is 1190. The molecule has 1 aromatic carbocycles. The number of benzene rings is 1. The number of rotatable bonds is 3. The Morgan fingerprint density at radius 2 is 1.90 bits per heavy atom. The number of aromatic nitrogens is 4. The summed E-state index contributed by atoms with van der Waals surface area (Å²) >= 11 is 0. The van der Waals surface area contributed by atoms with Gasteiger partial charge in [0.05, 0.1) is 17.0 Å². The van der Waals surface area contributed by atoms with Crippen molar-refractivity contribution < 1.29 is 22.7 Å².